The van der Waals surface area contributed by atoms with Gasteiger partial charge < -0.3 is 60.6 Å². The van der Waals surface area contributed by atoms with Crippen molar-refractivity contribution in [3.8, 4) is 5.75 Å². The molecule has 0 aliphatic carbocycles. The largest absolute Gasteiger partial charge is 0.497 e. The summed E-state index contributed by atoms with van der Waals surface area (Å²) in [4.78, 5) is 134. The van der Waals surface area contributed by atoms with Gasteiger partial charge >= 0.3 is 5.97 Å². The van der Waals surface area contributed by atoms with Gasteiger partial charge in [-0.25, -0.2) is 4.79 Å². The first-order valence-corrected chi connectivity index (χ1v) is 26.8. The van der Waals surface area contributed by atoms with Crippen molar-refractivity contribution in [3.05, 3.63) is 29.8 Å². The Kier molecular flexibility index (Phi) is 22.9. The number of ether oxygens (including phenoxy) is 2. The number of benzene rings is 1. The molecule has 1 aromatic carbocycles. The smallest absolute Gasteiger partial charge is 0.329 e. The minimum absolute atomic E-state index is 0.0805. The van der Waals surface area contributed by atoms with Gasteiger partial charge in [0.15, 0.2) is 0 Å². The normalized spacial score (nSPS) is 27.2. The summed E-state index contributed by atoms with van der Waals surface area (Å²) in [6.45, 7) is 17.6. The third-order valence-corrected chi connectivity index (χ3v) is 14.8. The molecule has 21 nitrogen and oxygen atoms in total. The van der Waals surface area contributed by atoms with E-state index in [-0.39, 0.29) is 50.6 Å². The molecule has 0 aromatic heterocycles. The number of carbonyl (C=O) groups excluding carboxylic acids is 9. The van der Waals surface area contributed by atoms with Crippen LogP contribution in [0.1, 0.15) is 126 Å². The maximum absolute atomic E-state index is 14.9. The van der Waals surface area contributed by atoms with E-state index in [0.717, 1.165) is 0 Å². The Morgan fingerprint density at radius 1 is 0.880 bits per heavy atom. The number of amides is 8. The molecule has 0 bridgehead atoms. The summed E-state index contributed by atoms with van der Waals surface area (Å²) in [5.41, 5.74) is 0.602. The van der Waals surface area contributed by atoms with E-state index in [4.69, 9.17) is 9.47 Å². The van der Waals surface area contributed by atoms with Crippen LogP contribution in [0.4, 0.5) is 0 Å². The predicted octanol–water partition coefficient (Wildman–Crippen LogP) is 1.68. The van der Waals surface area contributed by atoms with Crippen LogP contribution in [0.3, 0.4) is 0 Å². The van der Waals surface area contributed by atoms with Crippen LogP contribution in [0.2, 0.25) is 0 Å². The van der Waals surface area contributed by atoms with E-state index in [1.807, 2.05) is 34.6 Å². The summed E-state index contributed by atoms with van der Waals surface area (Å²) < 4.78 is 11.5. The number of likely N-dealkylation sites (tertiary alicyclic amines) is 1. The van der Waals surface area contributed by atoms with E-state index in [1.54, 1.807) is 45.0 Å². The zero-order chi connectivity index (χ0) is 56.2. The van der Waals surface area contributed by atoms with Crippen LogP contribution in [-0.4, -0.2) is 184 Å². The molecule has 3 aliphatic heterocycles. The van der Waals surface area contributed by atoms with Crippen molar-refractivity contribution in [2.24, 2.45) is 23.7 Å². The minimum atomic E-state index is -1.71. The van der Waals surface area contributed by atoms with E-state index >= 15 is 0 Å². The predicted molar refractivity (Wildman–Crippen MR) is 278 cm³/mol. The Balaban J connectivity index is 1.87. The highest BCUT2D eigenvalue weighted by atomic mass is 16.5. The summed E-state index contributed by atoms with van der Waals surface area (Å²) in [6, 6.07) is -2.85. The van der Waals surface area contributed by atoms with Gasteiger partial charge in [0.1, 0.15) is 60.3 Å². The highest BCUT2D eigenvalue weighted by molar-refractivity contribution is 5.97. The van der Waals surface area contributed by atoms with E-state index in [2.05, 4.69) is 21.3 Å². The number of esters is 1. The lowest BCUT2D eigenvalue weighted by Gasteiger charge is -2.36. The molecule has 3 fully saturated rings. The molecule has 4 rings (SSSR count). The quantitative estimate of drug-likeness (QED) is 0.137. The number of carbonyl (C=O) groups is 9. The van der Waals surface area contributed by atoms with Crippen molar-refractivity contribution in [2.75, 3.05) is 34.3 Å². The Bertz CT molecular complexity index is 2170. The molecule has 75 heavy (non-hydrogen) atoms. The van der Waals surface area contributed by atoms with Crippen LogP contribution in [0.15, 0.2) is 24.3 Å². The SMILES string of the molecule is CC[C@H](C)[C@H]1NC(=O)[C@@H](NC(=O)[C@@H](CC(C)C)N(C)C(=O)C2CCCN2C(=O)[C@H](C)O)[C@@H](C)OC(=O)[C@H](Cc2ccc(OC)cc2)N(C)C(=O)C2CCCN2C(=O)[C@H](CC(C)C)NC(=O)[C@H](C(C)C)NC(=O)C[C@@H]1O. The lowest BCUT2D eigenvalue weighted by molar-refractivity contribution is -0.162. The van der Waals surface area contributed by atoms with Crippen LogP contribution in [0, 0.1) is 23.7 Å². The minimum Gasteiger partial charge on any atom is -0.497 e. The molecular weight excluding hydrogens is 969 g/mol. The Morgan fingerprint density at radius 3 is 2.09 bits per heavy atom. The molecule has 12 atom stereocenters. The molecule has 6 N–H and O–H groups in total. The second-order valence-electron chi connectivity index (χ2n) is 22.0. The fourth-order valence-corrected chi connectivity index (χ4v) is 10.2. The Hall–Kier alpha value is -5.83. The zero-order valence-electron chi connectivity index (χ0n) is 46.4. The summed E-state index contributed by atoms with van der Waals surface area (Å²) in [5, 5.41) is 33.1. The molecule has 1 aromatic rings. The first-order chi connectivity index (χ1) is 35.2. The van der Waals surface area contributed by atoms with E-state index in [9.17, 15) is 53.4 Å². The molecule has 3 heterocycles. The van der Waals surface area contributed by atoms with Crippen molar-refractivity contribution >= 4 is 53.2 Å². The van der Waals surface area contributed by atoms with Crippen molar-refractivity contribution in [1.29, 1.82) is 0 Å². The number of fused-ring (bicyclic) bond motifs is 1. The molecule has 2 unspecified atom stereocenters. The second-order valence-corrected chi connectivity index (χ2v) is 22.0. The van der Waals surface area contributed by atoms with E-state index in [0.29, 0.717) is 37.0 Å². The van der Waals surface area contributed by atoms with Gasteiger partial charge in [0.2, 0.25) is 41.4 Å². The first-order valence-electron chi connectivity index (χ1n) is 26.8. The average molecular weight is 1060 g/mol. The van der Waals surface area contributed by atoms with Gasteiger partial charge in [-0.3, -0.25) is 38.4 Å². The van der Waals surface area contributed by atoms with Gasteiger partial charge in [-0.2, -0.15) is 0 Å². The molecule has 3 saturated heterocycles. The highest BCUT2D eigenvalue weighted by Gasteiger charge is 2.45. The number of nitrogens with zero attached hydrogens (tertiary/aromatic N) is 4. The van der Waals surface area contributed by atoms with Gasteiger partial charge in [-0.1, -0.05) is 73.9 Å². The van der Waals surface area contributed by atoms with Crippen molar-refractivity contribution in [2.45, 2.75) is 194 Å². The van der Waals surface area contributed by atoms with E-state index < -0.39 is 138 Å². The monoisotopic (exact) mass is 1050 g/mol. The highest BCUT2D eigenvalue weighted by Crippen LogP contribution is 2.27. The van der Waals surface area contributed by atoms with Crippen LogP contribution in [0.5, 0.6) is 5.75 Å². The second kappa shape index (κ2) is 27.8. The van der Waals surface area contributed by atoms with Crippen LogP contribution in [0.25, 0.3) is 0 Å². The van der Waals surface area contributed by atoms with Gasteiger partial charge in [-0.05, 0) is 93.7 Å². The van der Waals surface area contributed by atoms with E-state index in [1.165, 1.54) is 54.7 Å². The molecule has 8 amide bonds. The van der Waals surface area contributed by atoms with Gasteiger partial charge in [-0.15, -0.1) is 0 Å². The Morgan fingerprint density at radius 2 is 1.52 bits per heavy atom. The average Bonchev–Trinajstić information content (AvgIpc) is 4.06. The molecule has 420 valence electrons. The molecule has 0 saturated carbocycles. The maximum atomic E-state index is 14.9. The number of methoxy groups -OCH3 is 1. The van der Waals surface area contributed by atoms with Crippen LogP contribution in [-0.2, 0) is 54.3 Å². The molecule has 0 radical (unpaired) electrons. The van der Waals surface area contributed by atoms with Gasteiger partial charge in [0.25, 0.3) is 5.91 Å². The number of likely N-dealkylation sites (N-methyl/N-ethyl adjacent to an activating group) is 2. The standard InChI is InChI=1S/C54H86N8O13/c1-14-32(8)45-42(64)28-43(65)56-44(31(6)7)48(67)55-37(25-29(2)3)51(70)62-24-16-18-39(62)53(72)60(12)41(27-35-19-21-36(74-13)22-20-35)54(73)75-34(10)46(49(68)57-45)58-47(66)40(26-30(4)5)59(11)52(71)38-17-15-23-61(38)50(69)33(9)63/h19-22,29-34,37-42,44-46,63-64H,14-18,23-28H2,1-13H3,(H,55,67)(H,56,65)(H,57,68)(H,58,66)/t32-,33-,34+,37-,38?,39?,40+,41-,42-,44-,45+,46-/m0/s1. The molecule has 21 heteroatoms. The number of aliphatic hydroxyl groups is 2. The summed E-state index contributed by atoms with van der Waals surface area (Å²) >= 11 is 0. The topological polar surface area (TPSA) is 274 Å². The number of rotatable bonds is 15. The first kappa shape index (κ1) is 61.7. The number of nitrogens with one attached hydrogen (secondary N) is 4. The van der Waals surface area contributed by atoms with Crippen LogP contribution < -0.4 is 26.0 Å². The number of aliphatic hydroxyl groups excluding tert-OH is 2. The van der Waals surface area contributed by atoms with Crippen LogP contribution >= 0.6 is 0 Å². The summed E-state index contributed by atoms with van der Waals surface area (Å²) in [6.07, 6.45) is -2.87. The van der Waals surface area contributed by atoms with Gasteiger partial charge in [0, 0.05) is 33.6 Å². The van der Waals surface area contributed by atoms with Crippen molar-refractivity contribution < 1.29 is 62.8 Å². The number of hydrogen-bond donors (Lipinski definition) is 6. The van der Waals surface area contributed by atoms with Gasteiger partial charge in [0.05, 0.1) is 25.7 Å². The lowest BCUT2D eigenvalue weighted by Crippen LogP contribution is -2.62. The zero-order valence-corrected chi connectivity index (χ0v) is 46.4. The number of cyclic esters (lactones) is 1. The third-order valence-electron chi connectivity index (χ3n) is 14.8. The molecule has 0 spiro atoms. The maximum Gasteiger partial charge on any atom is 0.329 e. The Labute approximate surface area is 442 Å². The number of hydrogen-bond acceptors (Lipinski definition) is 13. The molecule has 3 aliphatic rings. The molecular formula is C54H86N8O13. The summed E-state index contributed by atoms with van der Waals surface area (Å²) in [5.74, 6) is -7.00. The van der Waals surface area contributed by atoms with Crippen molar-refractivity contribution in [3.63, 3.8) is 0 Å². The van der Waals surface area contributed by atoms with Crippen molar-refractivity contribution in [1.82, 2.24) is 40.9 Å². The fourth-order valence-electron chi connectivity index (χ4n) is 10.2. The third kappa shape index (κ3) is 16.1. The lowest BCUT2D eigenvalue weighted by atomic mass is 9.91. The summed E-state index contributed by atoms with van der Waals surface area (Å²) in [7, 11) is 4.35. The fraction of sp³-hybridized carbons (Fsp3) is 0.722.